The Kier molecular flexibility index (Phi) is 9.42. The predicted molar refractivity (Wildman–Crippen MR) is 151 cm³/mol. The first-order valence-electron chi connectivity index (χ1n) is 12.4. The fourth-order valence-corrected chi connectivity index (χ4v) is 4.72. The molecule has 7 nitrogen and oxygen atoms in total. The first-order chi connectivity index (χ1) is 18.3. The van der Waals surface area contributed by atoms with E-state index in [1.54, 1.807) is 29.7 Å². The highest BCUT2D eigenvalue weighted by Gasteiger charge is 2.22. The molecule has 0 radical (unpaired) electrons. The predicted octanol–water partition coefficient (Wildman–Crippen LogP) is 6.78. The third kappa shape index (κ3) is 6.94. The van der Waals surface area contributed by atoms with Gasteiger partial charge in [-0.2, -0.15) is 0 Å². The minimum Gasteiger partial charge on any atom is -0.489 e. The van der Waals surface area contributed by atoms with Gasteiger partial charge in [-0.3, -0.25) is 10.4 Å². The van der Waals surface area contributed by atoms with Crippen LogP contribution in [-0.4, -0.2) is 38.7 Å². The Morgan fingerprint density at radius 3 is 2.26 bits per heavy atom. The molecule has 5 rings (SSSR count). The second kappa shape index (κ2) is 12.9. The highest BCUT2D eigenvalue weighted by Crippen LogP contribution is 2.33. The number of carbonyl (C=O) groups is 1. The van der Waals surface area contributed by atoms with Crippen LogP contribution in [0, 0.1) is 6.92 Å². The molecular formula is C29H30Cl2N4O3. The van der Waals surface area contributed by atoms with Crippen LogP contribution in [0.25, 0.3) is 17.1 Å². The molecule has 2 heterocycles. The number of aromatic nitrogens is 2. The molecule has 3 N–H and O–H groups in total. The Hall–Kier alpha value is -3.36. The Morgan fingerprint density at radius 2 is 1.68 bits per heavy atom. The van der Waals surface area contributed by atoms with Crippen molar-refractivity contribution in [3.63, 3.8) is 0 Å². The van der Waals surface area contributed by atoms with E-state index in [0.717, 1.165) is 24.3 Å². The molecule has 0 aliphatic carbocycles. The molecule has 0 amide bonds. The summed E-state index contributed by atoms with van der Waals surface area (Å²) in [4.78, 5) is 16.1. The van der Waals surface area contributed by atoms with E-state index in [-0.39, 0.29) is 5.69 Å². The van der Waals surface area contributed by atoms with Crippen LogP contribution in [-0.2, 0) is 6.61 Å². The first-order valence-corrected chi connectivity index (χ1v) is 13.1. The van der Waals surface area contributed by atoms with E-state index < -0.39 is 5.97 Å². The molecule has 0 saturated carbocycles. The maximum absolute atomic E-state index is 11.7. The number of imidazole rings is 1. The monoisotopic (exact) mass is 552 g/mol. The van der Waals surface area contributed by atoms with Crippen molar-refractivity contribution in [3.8, 4) is 22.8 Å². The number of carboxylic acid groups (broad SMARTS) is 1. The number of hydrogen-bond donors (Lipinski definition) is 2. The van der Waals surface area contributed by atoms with E-state index in [9.17, 15) is 9.90 Å². The lowest BCUT2D eigenvalue weighted by Gasteiger charge is -2.20. The van der Waals surface area contributed by atoms with Gasteiger partial charge < -0.3 is 9.84 Å². The van der Waals surface area contributed by atoms with E-state index in [0.29, 0.717) is 39.5 Å². The van der Waals surface area contributed by atoms with Crippen molar-refractivity contribution < 1.29 is 14.6 Å². The smallest absolute Gasteiger partial charge is 0.356 e. The molecule has 1 aliphatic rings. The normalized spacial score (nSPS) is 13.5. The molecule has 1 fully saturated rings. The van der Waals surface area contributed by atoms with Gasteiger partial charge >= 0.3 is 5.97 Å². The van der Waals surface area contributed by atoms with E-state index in [4.69, 9.17) is 33.8 Å². The highest BCUT2D eigenvalue weighted by molar-refractivity contribution is 6.36. The molecule has 3 aromatic carbocycles. The summed E-state index contributed by atoms with van der Waals surface area (Å²) >= 11 is 12.4. The number of piperidine rings is 1. The number of benzene rings is 3. The van der Waals surface area contributed by atoms with Crippen molar-refractivity contribution >= 4 is 29.2 Å². The van der Waals surface area contributed by atoms with Gasteiger partial charge in [0.1, 0.15) is 18.2 Å². The van der Waals surface area contributed by atoms with Crippen LogP contribution in [0.1, 0.15) is 41.0 Å². The largest absolute Gasteiger partial charge is 0.489 e. The summed E-state index contributed by atoms with van der Waals surface area (Å²) in [6.45, 7) is 4.36. The molecule has 0 atom stereocenters. The van der Waals surface area contributed by atoms with Crippen LogP contribution >= 0.6 is 23.2 Å². The molecule has 1 saturated heterocycles. The molecule has 198 valence electrons. The lowest BCUT2D eigenvalue weighted by molar-refractivity contribution is 0.0690. The number of aromatic carboxylic acids is 1. The molecule has 0 bridgehead atoms. The third-order valence-electron chi connectivity index (χ3n) is 6.22. The van der Waals surface area contributed by atoms with Crippen molar-refractivity contribution in [1.82, 2.24) is 14.6 Å². The second-order valence-electron chi connectivity index (χ2n) is 9.00. The zero-order valence-corrected chi connectivity index (χ0v) is 22.6. The van der Waals surface area contributed by atoms with E-state index in [2.05, 4.69) is 4.98 Å². The summed E-state index contributed by atoms with van der Waals surface area (Å²) in [5, 5.41) is 12.4. The lowest BCUT2D eigenvalue weighted by atomic mass is 10.2. The molecule has 0 unspecified atom stereocenters. The number of hydrogen-bond acceptors (Lipinski definition) is 5. The van der Waals surface area contributed by atoms with Crippen LogP contribution in [0.2, 0.25) is 10.0 Å². The Bertz CT molecular complexity index is 1370. The number of rotatable bonds is 6. The number of ether oxygens (including phenoxy) is 1. The van der Waals surface area contributed by atoms with Gasteiger partial charge in [-0.1, -0.05) is 60.0 Å². The van der Waals surface area contributed by atoms with Gasteiger partial charge in [-0.15, -0.1) is 0 Å². The summed E-state index contributed by atoms with van der Waals surface area (Å²) in [7, 11) is 0. The van der Waals surface area contributed by atoms with Gasteiger partial charge in [-0.25, -0.2) is 14.8 Å². The van der Waals surface area contributed by atoms with Crippen molar-refractivity contribution in [2.45, 2.75) is 32.8 Å². The van der Waals surface area contributed by atoms with E-state index >= 15 is 0 Å². The number of nitrogens with zero attached hydrogens (tertiary/aromatic N) is 3. The quantitative estimate of drug-likeness (QED) is 0.256. The molecule has 1 aliphatic heterocycles. The summed E-state index contributed by atoms with van der Waals surface area (Å²) in [5.74, 6) is 5.49. The Balaban J connectivity index is 0.000000417. The topological polar surface area (TPSA) is 93.6 Å². The van der Waals surface area contributed by atoms with E-state index in [1.165, 1.54) is 19.3 Å². The van der Waals surface area contributed by atoms with Crippen LogP contribution in [0.15, 0.2) is 72.8 Å². The standard InChI is InChI=1S/C24H18Cl2N2O3.C5H12N2/c1-15-22(24(29)30)27-23(20-12-7-17(25)13-21(20)26)28(15)18-8-10-19(11-9-18)31-14-16-5-3-2-4-6-16;6-7-4-2-1-3-5-7/h2-13H,14H2,1H3,(H,29,30);1-6H2. The minimum absolute atomic E-state index is 0.0366. The van der Waals surface area contributed by atoms with E-state index in [1.807, 2.05) is 59.6 Å². The lowest BCUT2D eigenvalue weighted by Crippen LogP contribution is -2.35. The zero-order valence-electron chi connectivity index (χ0n) is 21.1. The molecule has 1 aromatic heterocycles. The maximum atomic E-state index is 11.7. The summed E-state index contributed by atoms with van der Waals surface area (Å²) < 4.78 is 7.61. The van der Waals surface area contributed by atoms with Crippen molar-refractivity contribution in [1.29, 1.82) is 0 Å². The average molecular weight is 553 g/mol. The SMILES string of the molecule is Cc1c(C(=O)O)nc(-c2ccc(Cl)cc2Cl)n1-c1ccc(OCc2ccccc2)cc1.NN1CCCCC1. The number of halogens is 2. The summed E-state index contributed by atoms with van der Waals surface area (Å²) in [6, 6.07) is 22.3. The second-order valence-corrected chi connectivity index (χ2v) is 9.84. The van der Waals surface area contributed by atoms with Gasteiger partial charge in [0.25, 0.3) is 0 Å². The number of nitrogens with two attached hydrogens (primary N) is 1. The Morgan fingerprint density at radius 1 is 1.00 bits per heavy atom. The molecule has 4 aromatic rings. The number of carboxylic acids is 1. The van der Waals surface area contributed by atoms with Gasteiger partial charge in [0.05, 0.1) is 10.7 Å². The zero-order chi connectivity index (χ0) is 27.1. The van der Waals surface area contributed by atoms with Crippen LogP contribution in [0.5, 0.6) is 5.75 Å². The minimum atomic E-state index is -1.11. The highest BCUT2D eigenvalue weighted by atomic mass is 35.5. The van der Waals surface area contributed by atoms with Crippen LogP contribution in [0.3, 0.4) is 0 Å². The van der Waals surface area contributed by atoms with Crippen molar-refractivity contribution in [2.75, 3.05) is 13.1 Å². The van der Waals surface area contributed by atoms with Gasteiger partial charge in [0.2, 0.25) is 0 Å². The van der Waals surface area contributed by atoms with Crippen molar-refractivity contribution in [2.24, 2.45) is 5.84 Å². The van der Waals surface area contributed by atoms with Gasteiger partial charge in [0.15, 0.2) is 5.69 Å². The maximum Gasteiger partial charge on any atom is 0.356 e. The van der Waals surface area contributed by atoms with Crippen molar-refractivity contribution in [3.05, 3.63) is 99.8 Å². The fourth-order valence-electron chi connectivity index (χ4n) is 4.22. The van der Waals surface area contributed by atoms with Gasteiger partial charge in [-0.05, 0) is 67.8 Å². The molecule has 9 heteroatoms. The summed E-state index contributed by atoms with van der Waals surface area (Å²) in [6.07, 6.45) is 3.95. The first kappa shape index (κ1) is 27.7. The number of hydrazine groups is 1. The third-order valence-corrected chi connectivity index (χ3v) is 6.76. The molecule has 38 heavy (non-hydrogen) atoms. The van der Waals surface area contributed by atoms with Gasteiger partial charge in [0, 0.05) is 29.4 Å². The fraction of sp³-hybridized carbons (Fsp3) is 0.241. The Labute approximate surface area is 232 Å². The van der Waals surface area contributed by atoms with Crippen LogP contribution in [0.4, 0.5) is 0 Å². The molecule has 0 spiro atoms. The molecular weight excluding hydrogens is 523 g/mol. The summed E-state index contributed by atoms with van der Waals surface area (Å²) in [5.41, 5.74) is 2.86. The average Bonchev–Trinajstić information content (AvgIpc) is 3.26. The van der Waals surface area contributed by atoms with Crippen LogP contribution < -0.4 is 10.6 Å².